The first-order chi connectivity index (χ1) is 15.1. The van der Waals surface area contributed by atoms with Gasteiger partial charge in [0.05, 0.1) is 10.2 Å². The Morgan fingerprint density at radius 2 is 1.48 bits per heavy atom. The summed E-state index contributed by atoms with van der Waals surface area (Å²) < 4.78 is 12.5. The molecule has 4 aromatic rings. The normalized spacial score (nSPS) is 10.7. The molecule has 5 heteroatoms. The maximum atomic E-state index is 11.7. The van der Waals surface area contributed by atoms with Gasteiger partial charge in [0.2, 0.25) is 0 Å². The molecular formula is C26H22INO3. The number of hydrogen-bond donors (Lipinski definition) is 1. The molecule has 0 aliphatic carbocycles. The number of rotatable bonds is 5. The molecule has 0 aliphatic rings. The van der Waals surface area contributed by atoms with Gasteiger partial charge in [-0.05, 0) is 66.3 Å². The zero-order valence-electron chi connectivity index (χ0n) is 17.3. The van der Waals surface area contributed by atoms with Crippen molar-refractivity contribution in [3.05, 3.63) is 88.0 Å². The van der Waals surface area contributed by atoms with Gasteiger partial charge in [0.1, 0.15) is 11.5 Å². The lowest BCUT2D eigenvalue weighted by Crippen LogP contribution is -2.12. The van der Waals surface area contributed by atoms with Gasteiger partial charge in [-0.3, -0.25) is 5.32 Å². The van der Waals surface area contributed by atoms with E-state index in [0.29, 0.717) is 12.3 Å². The average molecular weight is 523 g/mol. The predicted octanol–water partition coefficient (Wildman–Crippen LogP) is 7.76. The van der Waals surface area contributed by atoms with Crippen molar-refractivity contribution >= 4 is 34.4 Å². The molecule has 0 spiro atoms. The highest BCUT2D eigenvalue weighted by atomic mass is 127. The Hall–Kier alpha value is -3.06. The molecule has 3 aromatic carbocycles. The third kappa shape index (κ3) is 4.66. The van der Waals surface area contributed by atoms with E-state index >= 15 is 0 Å². The second-order valence-electron chi connectivity index (χ2n) is 7.10. The highest BCUT2D eigenvalue weighted by Gasteiger charge is 2.22. The van der Waals surface area contributed by atoms with Crippen LogP contribution in [0.1, 0.15) is 12.5 Å². The Kier molecular flexibility index (Phi) is 6.42. The van der Waals surface area contributed by atoms with Crippen LogP contribution >= 0.6 is 22.6 Å². The van der Waals surface area contributed by atoms with Gasteiger partial charge in [-0.1, -0.05) is 60.2 Å². The number of carbonyl (C=O) groups excluding carboxylic acids is 1. The summed E-state index contributed by atoms with van der Waals surface area (Å²) in [6.45, 7) is 4.18. The van der Waals surface area contributed by atoms with Crippen LogP contribution < -0.4 is 5.32 Å². The number of furan rings is 1. The minimum Gasteiger partial charge on any atom is -0.454 e. The van der Waals surface area contributed by atoms with Crippen LogP contribution in [0.4, 0.5) is 10.5 Å². The van der Waals surface area contributed by atoms with Gasteiger partial charge in [-0.25, -0.2) is 4.79 Å². The monoisotopic (exact) mass is 523 g/mol. The molecule has 4 rings (SSSR count). The number of aryl methyl sites for hydroxylation is 1. The van der Waals surface area contributed by atoms with E-state index in [1.54, 1.807) is 6.92 Å². The third-order valence-corrected chi connectivity index (χ3v) is 5.92. The van der Waals surface area contributed by atoms with Crippen molar-refractivity contribution in [2.24, 2.45) is 0 Å². The highest BCUT2D eigenvalue weighted by molar-refractivity contribution is 14.1. The molecule has 31 heavy (non-hydrogen) atoms. The van der Waals surface area contributed by atoms with Crippen LogP contribution in [0.25, 0.3) is 33.8 Å². The molecule has 1 aromatic heterocycles. The van der Waals surface area contributed by atoms with Crippen LogP contribution in [0.15, 0.2) is 83.3 Å². The summed E-state index contributed by atoms with van der Waals surface area (Å²) in [4.78, 5) is 11.7. The molecule has 156 valence electrons. The fourth-order valence-corrected chi connectivity index (χ4v) is 4.34. The number of benzene rings is 3. The first kappa shape index (κ1) is 21.2. The smallest absolute Gasteiger partial charge is 0.411 e. The summed E-state index contributed by atoms with van der Waals surface area (Å²) in [5.74, 6) is 1.65. The van der Waals surface area contributed by atoms with Crippen LogP contribution in [0.5, 0.6) is 0 Å². The number of ether oxygens (including phenoxy) is 1. The summed E-state index contributed by atoms with van der Waals surface area (Å²) in [7, 11) is 0. The maximum Gasteiger partial charge on any atom is 0.411 e. The fourth-order valence-electron chi connectivity index (χ4n) is 3.36. The van der Waals surface area contributed by atoms with E-state index in [-0.39, 0.29) is 0 Å². The Bertz CT molecular complexity index is 1180. The average Bonchev–Trinajstić information content (AvgIpc) is 3.12. The number of carbonyl (C=O) groups is 1. The van der Waals surface area contributed by atoms with Gasteiger partial charge in [0.15, 0.2) is 0 Å². The molecule has 0 radical (unpaired) electrons. The summed E-state index contributed by atoms with van der Waals surface area (Å²) in [5.41, 5.74) is 6.01. The van der Waals surface area contributed by atoms with Gasteiger partial charge >= 0.3 is 6.09 Å². The van der Waals surface area contributed by atoms with E-state index < -0.39 is 6.09 Å². The fraction of sp³-hybridized carbons (Fsp3) is 0.115. The Balaban J connectivity index is 1.78. The van der Waals surface area contributed by atoms with Crippen LogP contribution in [-0.2, 0) is 4.74 Å². The number of hydrogen-bond acceptors (Lipinski definition) is 3. The van der Waals surface area contributed by atoms with Crippen LogP contribution in [0.3, 0.4) is 0 Å². The van der Waals surface area contributed by atoms with Crippen LogP contribution in [0, 0.1) is 10.5 Å². The summed E-state index contributed by atoms with van der Waals surface area (Å²) >= 11 is 2.37. The minimum atomic E-state index is -0.463. The first-order valence-corrected chi connectivity index (χ1v) is 11.1. The lowest BCUT2D eigenvalue weighted by atomic mass is 10.0. The third-order valence-electron chi connectivity index (χ3n) is 4.90. The minimum absolute atomic E-state index is 0.330. The molecule has 1 amide bonds. The van der Waals surface area contributed by atoms with Crippen molar-refractivity contribution in [3.63, 3.8) is 0 Å². The predicted molar refractivity (Wildman–Crippen MR) is 133 cm³/mol. The molecule has 0 fully saturated rings. The summed E-state index contributed by atoms with van der Waals surface area (Å²) in [6, 6.07) is 26.2. The lowest BCUT2D eigenvalue weighted by molar-refractivity contribution is 0.168. The molecular weight excluding hydrogens is 501 g/mol. The lowest BCUT2D eigenvalue weighted by Gasteiger charge is -2.07. The molecule has 4 nitrogen and oxygen atoms in total. The largest absolute Gasteiger partial charge is 0.454 e. The number of anilines is 1. The van der Waals surface area contributed by atoms with Crippen LogP contribution in [0.2, 0.25) is 0 Å². The van der Waals surface area contributed by atoms with Crippen molar-refractivity contribution in [3.8, 4) is 33.8 Å². The van der Waals surface area contributed by atoms with E-state index in [4.69, 9.17) is 9.15 Å². The van der Waals surface area contributed by atoms with Crippen molar-refractivity contribution in [2.45, 2.75) is 13.8 Å². The second-order valence-corrected chi connectivity index (χ2v) is 8.18. The zero-order chi connectivity index (χ0) is 21.8. The van der Waals surface area contributed by atoms with E-state index in [0.717, 1.165) is 37.3 Å². The highest BCUT2D eigenvalue weighted by Crippen LogP contribution is 2.43. The maximum absolute atomic E-state index is 11.7. The topological polar surface area (TPSA) is 51.5 Å². The zero-order valence-corrected chi connectivity index (χ0v) is 19.5. The number of halogens is 1. The number of amides is 1. The molecule has 0 atom stereocenters. The summed E-state index contributed by atoms with van der Waals surface area (Å²) in [6.07, 6.45) is -0.463. The molecule has 0 bridgehead atoms. The Morgan fingerprint density at radius 1 is 0.871 bits per heavy atom. The van der Waals surface area contributed by atoms with E-state index in [2.05, 4.69) is 71.2 Å². The van der Waals surface area contributed by atoms with E-state index in [1.165, 1.54) is 5.56 Å². The van der Waals surface area contributed by atoms with Gasteiger partial charge in [0.25, 0.3) is 0 Å². The quantitative estimate of drug-likeness (QED) is 0.272. The standard InChI is InChI=1S/C26H22INO3/c1-3-30-26(29)28-21-15-13-19(14-16-21)24-22(18-7-5-4-6-8-18)23(27)25(31-24)20-11-9-17(2)10-12-20/h4-16H,3H2,1-2H3,(H,28,29). The molecule has 1 N–H and O–H groups in total. The molecule has 0 saturated carbocycles. The molecule has 1 heterocycles. The van der Waals surface area contributed by atoms with Gasteiger partial charge < -0.3 is 9.15 Å². The van der Waals surface area contributed by atoms with Gasteiger partial charge in [-0.15, -0.1) is 0 Å². The van der Waals surface area contributed by atoms with Crippen molar-refractivity contribution in [1.82, 2.24) is 0 Å². The van der Waals surface area contributed by atoms with Crippen molar-refractivity contribution in [1.29, 1.82) is 0 Å². The second kappa shape index (κ2) is 9.39. The van der Waals surface area contributed by atoms with Crippen molar-refractivity contribution < 1.29 is 13.9 Å². The summed E-state index contributed by atoms with van der Waals surface area (Å²) in [5, 5.41) is 2.72. The van der Waals surface area contributed by atoms with E-state index in [9.17, 15) is 4.79 Å². The SMILES string of the molecule is CCOC(=O)Nc1ccc(-c2oc(-c3ccc(C)cc3)c(I)c2-c2ccccc2)cc1. The number of nitrogens with one attached hydrogen (secondary N) is 1. The molecule has 0 saturated heterocycles. The van der Waals surface area contributed by atoms with E-state index in [1.807, 2.05) is 42.5 Å². The van der Waals surface area contributed by atoms with Crippen molar-refractivity contribution in [2.75, 3.05) is 11.9 Å². The van der Waals surface area contributed by atoms with Gasteiger partial charge in [-0.2, -0.15) is 0 Å². The van der Waals surface area contributed by atoms with Gasteiger partial charge in [0, 0.05) is 22.4 Å². The molecule has 0 aliphatic heterocycles. The first-order valence-electron chi connectivity index (χ1n) is 10.1. The van der Waals surface area contributed by atoms with Crippen LogP contribution in [-0.4, -0.2) is 12.7 Å². The Morgan fingerprint density at radius 3 is 2.13 bits per heavy atom. The molecule has 0 unspecified atom stereocenters. The Labute approximate surface area is 195 Å².